The van der Waals surface area contributed by atoms with Crippen LogP contribution in [0.2, 0.25) is 0 Å². The molecule has 0 aliphatic heterocycles. The van der Waals surface area contributed by atoms with Crippen molar-refractivity contribution in [2.24, 2.45) is 0 Å². The number of hydrogen-bond donors (Lipinski definition) is 1. The van der Waals surface area contributed by atoms with Crippen molar-refractivity contribution in [3.63, 3.8) is 0 Å². The molecule has 6 nitrogen and oxygen atoms in total. The Labute approximate surface area is 135 Å². The molecule has 120 valence electrons. The molecule has 0 aliphatic carbocycles. The number of aliphatic hydroxyl groups excluding tert-OH is 1. The number of para-hydroxylation sites is 1. The van der Waals surface area contributed by atoms with Gasteiger partial charge in [-0.05, 0) is 31.3 Å². The summed E-state index contributed by atoms with van der Waals surface area (Å²) in [6.07, 6.45) is 5.06. The minimum Gasteiger partial charge on any atom is -0.390 e. The highest BCUT2D eigenvalue weighted by Gasteiger charge is 2.11. The normalized spacial score (nSPS) is 12.7. The van der Waals surface area contributed by atoms with Crippen molar-refractivity contribution in [1.82, 2.24) is 24.5 Å². The van der Waals surface area contributed by atoms with E-state index < -0.39 is 6.10 Å². The van der Waals surface area contributed by atoms with Gasteiger partial charge in [0.05, 0.1) is 24.0 Å². The van der Waals surface area contributed by atoms with Crippen LogP contribution in [0.25, 0.3) is 5.69 Å². The molecule has 0 saturated carbocycles. The third-order valence-corrected chi connectivity index (χ3v) is 3.58. The highest BCUT2D eigenvalue weighted by molar-refractivity contribution is 5.30. The number of benzene rings is 1. The van der Waals surface area contributed by atoms with Gasteiger partial charge in [-0.15, -0.1) is 0 Å². The lowest BCUT2D eigenvalue weighted by Crippen LogP contribution is -2.32. The molecule has 0 spiro atoms. The molecule has 1 atom stereocenters. The lowest BCUT2D eigenvalue weighted by Gasteiger charge is -2.19. The van der Waals surface area contributed by atoms with Crippen LogP contribution in [0.4, 0.5) is 0 Å². The summed E-state index contributed by atoms with van der Waals surface area (Å²) >= 11 is 0. The largest absolute Gasteiger partial charge is 0.390 e. The number of aliphatic hydroxyl groups is 1. The molecule has 0 fully saturated rings. The van der Waals surface area contributed by atoms with Gasteiger partial charge in [-0.2, -0.15) is 10.2 Å². The van der Waals surface area contributed by atoms with Gasteiger partial charge in [0.2, 0.25) is 0 Å². The number of likely N-dealkylation sites (N-methyl/N-ethyl adjacent to an activating group) is 1. The maximum atomic E-state index is 10.1. The van der Waals surface area contributed by atoms with E-state index in [1.165, 1.54) is 0 Å². The Morgan fingerprint density at radius 2 is 1.96 bits per heavy atom. The van der Waals surface area contributed by atoms with Crippen LogP contribution in [0.5, 0.6) is 0 Å². The minimum absolute atomic E-state index is 0.462. The van der Waals surface area contributed by atoms with Crippen LogP contribution >= 0.6 is 0 Å². The smallest absolute Gasteiger partial charge is 0.0862 e. The number of nitrogens with zero attached hydrogens (tertiary/aromatic N) is 5. The maximum Gasteiger partial charge on any atom is 0.0862 e. The zero-order valence-corrected chi connectivity index (χ0v) is 13.2. The summed E-state index contributed by atoms with van der Waals surface area (Å²) in [5, 5.41) is 18.8. The quantitative estimate of drug-likeness (QED) is 0.719. The molecule has 1 aromatic carbocycles. The summed E-state index contributed by atoms with van der Waals surface area (Å²) < 4.78 is 3.60. The van der Waals surface area contributed by atoms with Crippen LogP contribution in [-0.2, 0) is 13.1 Å². The SMILES string of the molecule is CN(Cc1ccn(-c2ccccc2)n1)CC(O)Cn1cccn1. The fraction of sp³-hybridized carbons (Fsp3) is 0.294. The van der Waals surface area contributed by atoms with E-state index in [1.807, 2.05) is 66.6 Å². The van der Waals surface area contributed by atoms with Crippen molar-refractivity contribution >= 4 is 0 Å². The Hall–Kier alpha value is -2.44. The average molecular weight is 311 g/mol. The van der Waals surface area contributed by atoms with E-state index >= 15 is 0 Å². The standard InChI is InChI=1S/C17H21N5O/c1-20(13-17(23)14-21-10-5-9-18-21)12-15-8-11-22(19-15)16-6-3-2-4-7-16/h2-11,17,23H,12-14H2,1H3. The Bertz CT molecular complexity index is 708. The summed E-state index contributed by atoms with van der Waals surface area (Å²) in [6.45, 7) is 1.75. The van der Waals surface area contributed by atoms with Gasteiger partial charge < -0.3 is 5.11 Å². The maximum absolute atomic E-state index is 10.1. The van der Waals surface area contributed by atoms with Crippen molar-refractivity contribution in [2.75, 3.05) is 13.6 Å². The van der Waals surface area contributed by atoms with E-state index in [0.717, 1.165) is 11.4 Å². The predicted molar refractivity (Wildman–Crippen MR) is 88.1 cm³/mol. The Balaban J connectivity index is 1.54. The summed E-state index contributed by atoms with van der Waals surface area (Å²) in [4.78, 5) is 2.06. The molecular weight excluding hydrogens is 290 g/mol. The summed E-state index contributed by atoms with van der Waals surface area (Å²) in [5.41, 5.74) is 2.02. The third kappa shape index (κ3) is 4.28. The molecule has 0 aliphatic rings. The van der Waals surface area contributed by atoms with Crippen molar-refractivity contribution in [3.8, 4) is 5.69 Å². The van der Waals surface area contributed by atoms with Gasteiger partial charge in [-0.3, -0.25) is 9.58 Å². The zero-order valence-electron chi connectivity index (χ0n) is 13.2. The lowest BCUT2D eigenvalue weighted by atomic mass is 10.3. The van der Waals surface area contributed by atoms with E-state index in [-0.39, 0.29) is 0 Å². The molecule has 1 N–H and O–H groups in total. The molecule has 2 aromatic heterocycles. The summed E-state index contributed by atoms with van der Waals surface area (Å²) in [5.74, 6) is 0. The highest BCUT2D eigenvalue weighted by Crippen LogP contribution is 2.08. The number of aromatic nitrogens is 4. The van der Waals surface area contributed by atoms with E-state index in [4.69, 9.17) is 0 Å². The van der Waals surface area contributed by atoms with Crippen LogP contribution in [-0.4, -0.2) is 49.3 Å². The van der Waals surface area contributed by atoms with Gasteiger partial charge in [0.25, 0.3) is 0 Å². The molecule has 1 unspecified atom stereocenters. The second-order valence-electron chi connectivity index (χ2n) is 5.67. The average Bonchev–Trinajstić information content (AvgIpc) is 3.20. The van der Waals surface area contributed by atoms with Gasteiger partial charge in [0.15, 0.2) is 0 Å². The van der Waals surface area contributed by atoms with Crippen LogP contribution in [0.1, 0.15) is 5.69 Å². The monoisotopic (exact) mass is 311 g/mol. The van der Waals surface area contributed by atoms with E-state index in [2.05, 4.69) is 15.1 Å². The third-order valence-electron chi connectivity index (χ3n) is 3.58. The Morgan fingerprint density at radius 1 is 1.13 bits per heavy atom. The highest BCUT2D eigenvalue weighted by atomic mass is 16.3. The zero-order chi connectivity index (χ0) is 16.1. The van der Waals surface area contributed by atoms with Gasteiger partial charge in [0, 0.05) is 31.7 Å². The van der Waals surface area contributed by atoms with Crippen molar-refractivity contribution in [3.05, 3.63) is 66.7 Å². The lowest BCUT2D eigenvalue weighted by molar-refractivity contribution is 0.103. The summed E-state index contributed by atoms with van der Waals surface area (Å²) in [6, 6.07) is 13.9. The topological polar surface area (TPSA) is 59.1 Å². The van der Waals surface area contributed by atoms with Crippen LogP contribution in [0, 0.1) is 0 Å². The van der Waals surface area contributed by atoms with E-state index in [0.29, 0.717) is 19.6 Å². The van der Waals surface area contributed by atoms with Crippen molar-refractivity contribution < 1.29 is 5.11 Å². The molecular formula is C17H21N5O. The van der Waals surface area contributed by atoms with Gasteiger partial charge in [0.1, 0.15) is 0 Å². The molecule has 6 heteroatoms. The second-order valence-corrected chi connectivity index (χ2v) is 5.67. The van der Waals surface area contributed by atoms with Crippen LogP contribution in [0.15, 0.2) is 61.1 Å². The molecule has 3 rings (SSSR count). The van der Waals surface area contributed by atoms with E-state index in [1.54, 1.807) is 10.9 Å². The van der Waals surface area contributed by atoms with Crippen LogP contribution in [0.3, 0.4) is 0 Å². The molecule has 0 amide bonds. The number of hydrogen-bond acceptors (Lipinski definition) is 4. The first-order valence-electron chi connectivity index (χ1n) is 7.65. The first-order chi connectivity index (χ1) is 11.2. The number of rotatable bonds is 7. The molecule has 0 bridgehead atoms. The van der Waals surface area contributed by atoms with Gasteiger partial charge >= 0.3 is 0 Å². The van der Waals surface area contributed by atoms with Crippen LogP contribution < -0.4 is 0 Å². The Kier molecular flexibility index (Phi) is 4.85. The van der Waals surface area contributed by atoms with Gasteiger partial charge in [-0.25, -0.2) is 4.68 Å². The summed E-state index contributed by atoms with van der Waals surface area (Å²) in [7, 11) is 1.98. The van der Waals surface area contributed by atoms with Crippen molar-refractivity contribution in [2.45, 2.75) is 19.2 Å². The first kappa shape index (κ1) is 15.5. The fourth-order valence-electron chi connectivity index (χ4n) is 2.55. The molecule has 3 aromatic rings. The van der Waals surface area contributed by atoms with Crippen molar-refractivity contribution in [1.29, 1.82) is 0 Å². The second kappa shape index (κ2) is 7.21. The first-order valence-corrected chi connectivity index (χ1v) is 7.65. The molecule has 23 heavy (non-hydrogen) atoms. The molecule has 2 heterocycles. The van der Waals surface area contributed by atoms with Gasteiger partial charge in [-0.1, -0.05) is 18.2 Å². The Morgan fingerprint density at radius 3 is 2.70 bits per heavy atom. The predicted octanol–water partition coefficient (Wildman–Crippen LogP) is 1.56. The van der Waals surface area contributed by atoms with E-state index in [9.17, 15) is 5.11 Å². The minimum atomic E-state index is -0.462. The molecule has 0 radical (unpaired) electrons. The fourth-order valence-corrected chi connectivity index (χ4v) is 2.55. The molecule has 0 saturated heterocycles.